The molecule has 0 spiro atoms. The summed E-state index contributed by atoms with van der Waals surface area (Å²) >= 11 is 0. The number of hydrogen-bond donors (Lipinski definition) is 0. The van der Waals surface area contributed by atoms with Crippen LogP contribution in [-0.2, 0) is 26.2 Å². The zero-order valence-electron chi connectivity index (χ0n) is 17.4. The minimum absolute atomic E-state index is 0.0648. The summed E-state index contributed by atoms with van der Waals surface area (Å²) in [4.78, 5) is 14.4. The van der Waals surface area contributed by atoms with Crippen molar-refractivity contribution in [2.45, 2.75) is 52.0 Å². The summed E-state index contributed by atoms with van der Waals surface area (Å²) in [6, 6.07) is 5.02. The summed E-state index contributed by atoms with van der Waals surface area (Å²) in [5, 5.41) is 0. The van der Waals surface area contributed by atoms with Gasteiger partial charge in [-0.25, -0.2) is 0 Å². The van der Waals surface area contributed by atoms with Crippen LogP contribution in [0.25, 0.3) is 0 Å². The fourth-order valence-corrected chi connectivity index (χ4v) is 3.26. The van der Waals surface area contributed by atoms with Gasteiger partial charge in [-0.3, -0.25) is 4.79 Å². The highest BCUT2D eigenvalue weighted by Gasteiger charge is 2.16. The Labute approximate surface area is 169 Å². The first-order chi connectivity index (χ1) is 13.3. The molecule has 0 heterocycles. The van der Waals surface area contributed by atoms with Crippen LogP contribution in [0.2, 0.25) is 0 Å². The minimum atomic E-state index is -3.69. The van der Waals surface area contributed by atoms with Crippen LogP contribution in [0, 0.1) is 0 Å². The van der Waals surface area contributed by atoms with E-state index in [-0.39, 0.29) is 11.7 Å². The number of carbonyl (C=O) groups excluding carboxylic acids is 1. The fourth-order valence-electron chi connectivity index (χ4n) is 2.80. The second-order valence-electron chi connectivity index (χ2n) is 6.74. The maximum absolute atomic E-state index is 12.6. The molecule has 1 amide bonds. The van der Waals surface area contributed by atoms with Gasteiger partial charge >= 0.3 is 10.1 Å². The number of rotatable bonds is 14. The largest absolute Gasteiger partial charge is 0.493 e. The maximum atomic E-state index is 12.6. The normalized spacial score (nSPS) is 11.3. The van der Waals surface area contributed by atoms with E-state index < -0.39 is 10.1 Å². The standard InChI is InChI=1S/C20H33NO6S/c1-5-6-7-8-9-10-20(22)21(13-14-25-2)16-17-11-12-18(26-3)19(15-17)27-28(4,23)24/h11-12,15H,5-10,13-14,16H2,1-4H3. The Hall–Kier alpha value is -1.80. The Morgan fingerprint density at radius 2 is 1.79 bits per heavy atom. The smallest absolute Gasteiger partial charge is 0.306 e. The molecule has 7 nitrogen and oxygen atoms in total. The van der Waals surface area contributed by atoms with Crippen LogP contribution in [0.4, 0.5) is 0 Å². The molecule has 0 aliphatic rings. The summed E-state index contributed by atoms with van der Waals surface area (Å²) in [6.45, 7) is 3.42. The van der Waals surface area contributed by atoms with E-state index in [4.69, 9.17) is 13.7 Å². The van der Waals surface area contributed by atoms with E-state index in [1.165, 1.54) is 20.0 Å². The molecule has 0 saturated carbocycles. The molecule has 0 fully saturated rings. The van der Waals surface area contributed by atoms with Crippen molar-refractivity contribution < 1.29 is 26.9 Å². The molecule has 0 unspecified atom stereocenters. The van der Waals surface area contributed by atoms with Crippen LogP contribution in [0.15, 0.2) is 18.2 Å². The van der Waals surface area contributed by atoms with Crippen molar-refractivity contribution >= 4 is 16.0 Å². The molecule has 0 radical (unpaired) electrons. The van der Waals surface area contributed by atoms with Crippen molar-refractivity contribution in [2.75, 3.05) is 33.6 Å². The Bertz CT molecular complexity index is 705. The maximum Gasteiger partial charge on any atom is 0.306 e. The van der Waals surface area contributed by atoms with E-state index in [9.17, 15) is 13.2 Å². The number of ether oxygens (including phenoxy) is 2. The molecule has 0 N–H and O–H groups in total. The lowest BCUT2D eigenvalue weighted by Gasteiger charge is -2.23. The zero-order chi connectivity index (χ0) is 21.0. The van der Waals surface area contributed by atoms with Gasteiger partial charge in [0.2, 0.25) is 5.91 Å². The quantitative estimate of drug-likeness (QED) is 0.342. The van der Waals surface area contributed by atoms with E-state index in [1.54, 1.807) is 30.2 Å². The molecule has 160 valence electrons. The molecule has 1 rings (SSSR count). The van der Waals surface area contributed by atoms with Crippen molar-refractivity contribution in [3.63, 3.8) is 0 Å². The molecule has 0 aromatic heterocycles. The molecule has 1 aromatic rings. The van der Waals surface area contributed by atoms with Crippen LogP contribution >= 0.6 is 0 Å². The van der Waals surface area contributed by atoms with Crippen molar-refractivity contribution in [1.29, 1.82) is 0 Å². The molecule has 0 aliphatic heterocycles. The topological polar surface area (TPSA) is 82.1 Å². The number of unbranched alkanes of at least 4 members (excludes halogenated alkanes) is 4. The van der Waals surface area contributed by atoms with Gasteiger partial charge in [-0.05, 0) is 24.1 Å². The van der Waals surface area contributed by atoms with Gasteiger partial charge < -0.3 is 18.6 Å². The average molecular weight is 416 g/mol. The van der Waals surface area contributed by atoms with E-state index in [0.29, 0.717) is 31.9 Å². The summed E-state index contributed by atoms with van der Waals surface area (Å²) in [5.41, 5.74) is 0.759. The van der Waals surface area contributed by atoms with Gasteiger partial charge in [0.15, 0.2) is 11.5 Å². The highest BCUT2D eigenvalue weighted by Crippen LogP contribution is 2.29. The molecule has 28 heavy (non-hydrogen) atoms. The average Bonchev–Trinajstić information content (AvgIpc) is 2.63. The predicted molar refractivity (Wildman–Crippen MR) is 109 cm³/mol. The molecular formula is C20H33NO6S. The predicted octanol–water partition coefficient (Wildman–Crippen LogP) is 3.37. The number of hydrogen-bond acceptors (Lipinski definition) is 6. The third-order valence-electron chi connectivity index (χ3n) is 4.25. The summed E-state index contributed by atoms with van der Waals surface area (Å²) in [5.74, 6) is 0.496. The van der Waals surface area contributed by atoms with Crippen molar-refractivity contribution in [2.24, 2.45) is 0 Å². The molecule has 0 bridgehead atoms. The number of carbonyl (C=O) groups is 1. The van der Waals surface area contributed by atoms with E-state index in [2.05, 4.69) is 6.92 Å². The summed E-state index contributed by atoms with van der Waals surface area (Å²) in [7, 11) is -0.648. The Balaban J connectivity index is 2.84. The first-order valence-electron chi connectivity index (χ1n) is 9.63. The van der Waals surface area contributed by atoms with Crippen LogP contribution < -0.4 is 8.92 Å². The lowest BCUT2D eigenvalue weighted by Crippen LogP contribution is -2.33. The Morgan fingerprint density at radius 1 is 1.07 bits per heavy atom. The monoisotopic (exact) mass is 415 g/mol. The van der Waals surface area contributed by atoms with Gasteiger partial charge in [0, 0.05) is 26.6 Å². The highest BCUT2D eigenvalue weighted by molar-refractivity contribution is 7.86. The number of nitrogens with zero attached hydrogens (tertiary/aromatic N) is 1. The van der Waals surface area contributed by atoms with Crippen molar-refractivity contribution in [3.05, 3.63) is 23.8 Å². The molecule has 0 saturated heterocycles. The molecule has 0 aliphatic carbocycles. The highest BCUT2D eigenvalue weighted by atomic mass is 32.2. The van der Waals surface area contributed by atoms with Gasteiger partial charge in [-0.2, -0.15) is 8.42 Å². The summed E-state index contributed by atoms with van der Waals surface area (Å²) in [6.07, 6.45) is 6.90. The van der Waals surface area contributed by atoms with Gasteiger partial charge in [-0.15, -0.1) is 0 Å². The van der Waals surface area contributed by atoms with Gasteiger partial charge in [-0.1, -0.05) is 38.7 Å². The van der Waals surface area contributed by atoms with Gasteiger partial charge in [0.1, 0.15) is 0 Å². The van der Waals surface area contributed by atoms with Crippen LogP contribution in [0.5, 0.6) is 11.5 Å². The second kappa shape index (κ2) is 12.6. The first kappa shape index (κ1) is 24.2. The Morgan fingerprint density at radius 3 is 2.39 bits per heavy atom. The van der Waals surface area contributed by atoms with Gasteiger partial charge in [0.05, 0.1) is 20.0 Å². The minimum Gasteiger partial charge on any atom is -0.493 e. The summed E-state index contributed by atoms with van der Waals surface area (Å²) < 4.78 is 38.3. The molecule has 0 atom stereocenters. The molecule has 8 heteroatoms. The van der Waals surface area contributed by atoms with Crippen molar-refractivity contribution in [1.82, 2.24) is 4.90 Å². The first-order valence-corrected chi connectivity index (χ1v) is 11.5. The molecular weight excluding hydrogens is 382 g/mol. The van der Waals surface area contributed by atoms with Crippen LogP contribution in [0.1, 0.15) is 51.0 Å². The lowest BCUT2D eigenvalue weighted by molar-refractivity contribution is -0.132. The zero-order valence-corrected chi connectivity index (χ0v) is 18.2. The van der Waals surface area contributed by atoms with Crippen molar-refractivity contribution in [3.8, 4) is 11.5 Å². The lowest BCUT2D eigenvalue weighted by atomic mass is 10.1. The number of methoxy groups -OCH3 is 2. The van der Waals surface area contributed by atoms with E-state index >= 15 is 0 Å². The molecule has 1 aromatic carbocycles. The number of benzene rings is 1. The Kier molecular flexibility index (Phi) is 10.9. The van der Waals surface area contributed by atoms with E-state index in [0.717, 1.165) is 31.1 Å². The van der Waals surface area contributed by atoms with Gasteiger partial charge in [0.25, 0.3) is 0 Å². The van der Waals surface area contributed by atoms with Crippen LogP contribution in [0.3, 0.4) is 0 Å². The second-order valence-corrected chi connectivity index (χ2v) is 8.32. The third-order valence-corrected chi connectivity index (χ3v) is 4.74. The number of amides is 1. The van der Waals surface area contributed by atoms with Crippen LogP contribution in [-0.4, -0.2) is 52.9 Å². The fraction of sp³-hybridized carbons (Fsp3) is 0.650. The SMILES string of the molecule is CCCCCCCC(=O)N(CCOC)Cc1ccc(OC)c(OS(C)(=O)=O)c1. The van der Waals surface area contributed by atoms with E-state index in [1.807, 2.05) is 0 Å². The third kappa shape index (κ3) is 9.41.